The summed E-state index contributed by atoms with van der Waals surface area (Å²) < 4.78 is 13.3. The van der Waals surface area contributed by atoms with Crippen molar-refractivity contribution in [2.75, 3.05) is 0 Å². The Bertz CT molecular complexity index is 553. The Labute approximate surface area is 111 Å². The topological polar surface area (TPSA) is 60.9 Å². The number of aromatic nitrogens is 2. The Morgan fingerprint density at radius 3 is 2.89 bits per heavy atom. The molecule has 19 heavy (non-hydrogen) atoms. The summed E-state index contributed by atoms with van der Waals surface area (Å²) in [6, 6.07) is 4.94. The molecule has 0 bridgehead atoms. The van der Waals surface area contributed by atoms with E-state index in [2.05, 4.69) is 15.5 Å². The van der Waals surface area contributed by atoms with Gasteiger partial charge in [0.2, 0.25) is 0 Å². The molecule has 1 aromatic heterocycles. The van der Waals surface area contributed by atoms with Gasteiger partial charge in [0.25, 0.3) is 0 Å². The average Bonchev–Trinajstić information content (AvgIpc) is 2.83. The van der Waals surface area contributed by atoms with Gasteiger partial charge in [0.15, 0.2) is 0 Å². The lowest BCUT2D eigenvalue weighted by Crippen LogP contribution is -2.18. The SMILES string of the molecule is Cc1[nH]ncc1C(C)NCc1ccc(F)c(CO)c1. The third-order valence-electron chi connectivity index (χ3n) is 3.23. The molecule has 4 nitrogen and oxygen atoms in total. The summed E-state index contributed by atoms with van der Waals surface area (Å²) in [5.41, 5.74) is 3.42. The van der Waals surface area contributed by atoms with Crippen molar-refractivity contribution in [1.29, 1.82) is 0 Å². The van der Waals surface area contributed by atoms with Crippen LogP contribution in [0.15, 0.2) is 24.4 Å². The quantitative estimate of drug-likeness (QED) is 0.775. The highest BCUT2D eigenvalue weighted by molar-refractivity contribution is 5.25. The highest BCUT2D eigenvalue weighted by Crippen LogP contribution is 2.16. The molecule has 0 saturated heterocycles. The Hall–Kier alpha value is -1.72. The predicted molar refractivity (Wildman–Crippen MR) is 70.9 cm³/mol. The second kappa shape index (κ2) is 5.95. The Morgan fingerprint density at radius 1 is 1.47 bits per heavy atom. The number of aliphatic hydroxyl groups is 1. The van der Waals surface area contributed by atoms with Crippen LogP contribution in [0.4, 0.5) is 4.39 Å². The van der Waals surface area contributed by atoms with E-state index < -0.39 is 0 Å². The summed E-state index contributed by atoms with van der Waals surface area (Å²) in [5.74, 6) is -0.370. The van der Waals surface area contributed by atoms with Gasteiger partial charge in [-0.15, -0.1) is 0 Å². The van der Waals surface area contributed by atoms with Crippen LogP contribution in [0.2, 0.25) is 0 Å². The maximum Gasteiger partial charge on any atom is 0.128 e. The first-order valence-corrected chi connectivity index (χ1v) is 6.23. The summed E-state index contributed by atoms with van der Waals surface area (Å²) in [6.07, 6.45) is 1.80. The molecule has 2 rings (SSSR count). The zero-order valence-corrected chi connectivity index (χ0v) is 11.1. The van der Waals surface area contributed by atoms with Crippen LogP contribution in [-0.4, -0.2) is 15.3 Å². The number of hydrogen-bond acceptors (Lipinski definition) is 3. The lowest BCUT2D eigenvalue weighted by molar-refractivity contribution is 0.275. The van der Waals surface area contributed by atoms with Gasteiger partial charge < -0.3 is 10.4 Å². The van der Waals surface area contributed by atoms with Gasteiger partial charge in [-0.3, -0.25) is 5.10 Å². The minimum absolute atomic E-state index is 0.154. The van der Waals surface area contributed by atoms with Crippen LogP contribution < -0.4 is 5.32 Å². The van der Waals surface area contributed by atoms with Crippen LogP contribution >= 0.6 is 0 Å². The van der Waals surface area contributed by atoms with Gasteiger partial charge in [0.1, 0.15) is 5.82 Å². The molecule has 1 unspecified atom stereocenters. The van der Waals surface area contributed by atoms with Crippen molar-refractivity contribution in [2.45, 2.75) is 33.0 Å². The first kappa shape index (κ1) is 13.7. The molecule has 0 aliphatic rings. The zero-order chi connectivity index (χ0) is 13.8. The maximum absolute atomic E-state index is 13.3. The fourth-order valence-corrected chi connectivity index (χ4v) is 2.04. The summed E-state index contributed by atoms with van der Waals surface area (Å²) in [5, 5.41) is 19.3. The number of aliphatic hydroxyl groups excluding tert-OH is 1. The van der Waals surface area contributed by atoms with E-state index in [1.54, 1.807) is 18.3 Å². The van der Waals surface area contributed by atoms with E-state index in [0.29, 0.717) is 12.1 Å². The number of halogens is 1. The van der Waals surface area contributed by atoms with Crippen molar-refractivity contribution in [2.24, 2.45) is 0 Å². The molecule has 5 heteroatoms. The monoisotopic (exact) mass is 263 g/mol. The number of aryl methyl sites for hydroxylation is 1. The minimum atomic E-state index is -0.370. The van der Waals surface area contributed by atoms with Crippen molar-refractivity contribution >= 4 is 0 Å². The molecule has 0 amide bonds. The van der Waals surface area contributed by atoms with Gasteiger partial charge >= 0.3 is 0 Å². The second-order valence-corrected chi connectivity index (χ2v) is 4.64. The lowest BCUT2D eigenvalue weighted by Gasteiger charge is -2.13. The number of nitrogens with zero attached hydrogens (tertiary/aromatic N) is 1. The van der Waals surface area contributed by atoms with Crippen LogP contribution in [0, 0.1) is 12.7 Å². The van der Waals surface area contributed by atoms with Crippen molar-refractivity contribution in [3.8, 4) is 0 Å². The highest BCUT2D eigenvalue weighted by Gasteiger charge is 2.10. The number of aromatic amines is 1. The zero-order valence-electron chi connectivity index (χ0n) is 11.1. The molecule has 2 aromatic rings. The van der Waals surface area contributed by atoms with E-state index in [4.69, 9.17) is 5.11 Å². The molecule has 0 radical (unpaired) electrons. The number of nitrogens with one attached hydrogen (secondary N) is 2. The summed E-state index contributed by atoms with van der Waals surface area (Å²) >= 11 is 0. The van der Waals surface area contributed by atoms with E-state index in [0.717, 1.165) is 16.8 Å². The van der Waals surface area contributed by atoms with Crippen molar-refractivity contribution in [1.82, 2.24) is 15.5 Å². The van der Waals surface area contributed by atoms with Crippen molar-refractivity contribution < 1.29 is 9.50 Å². The molecule has 0 fully saturated rings. The van der Waals surface area contributed by atoms with E-state index in [1.807, 2.05) is 13.8 Å². The Balaban J connectivity index is 2.01. The first-order valence-electron chi connectivity index (χ1n) is 6.23. The van der Waals surface area contributed by atoms with E-state index in [9.17, 15) is 4.39 Å². The van der Waals surface area contributed by atoms with Gasteiger partial charge in [-0.25, -0.2) is 4.39 Å². The first-order chi connectivity index (χ1) is 9.11. The Kier molecular flexibility index (Phi) is 4.29. The van der Waals surface area contributed by atoms with Crippen LogP contribution in [0.3, 0.4) is 0 Å². The van der Waals surface area contributed by atoms with Crippen LogP contribution in [0.25, 0.3) is 0 Å². The average molecular weight is 263 g/mol. The highest BCUT2D eigenvalue weighted by atomic mass is 19.1. The molecule has 0 saturated carbocycles. The largest absolute Gasteiger partial charge is 0.392 e. The van der Waals surface area contributed by atoms with Gasteiger partial charge in [0.05, 0.1) is 12.8 Å². The molecule has 0 aliphatic carbocycles. The molecule has 0 spiro atoms. The van der Waals surface area contributed by atoms with E-state index >= 15 is 0 Å². The fourth-order valence-electron chi connectivity index (χ4n) is 2.04. The maximum atomic E-state index is 13.3. The van der Waals surface area contributed by atoms with Gasteiger partial charge in [-0.05, 0) is 31.5 Å². The smallest absolute Gasteiger partial charge is 0.128 e. The van der Waals surface area contributed by atoms with Crippen LogP contribution in [0.1, 0.15) is 35.3 Å². The minimum Gasteiger partial charge on any atom is -0.392 e. The van der Waals surface area contributed by atoms with E-state index in [1.165, 1.54) is 6.07 Å². The molecule has 0 aliphatic heterocycles. The molecular weight excluding hydrogens is 245 g/mol. The molecule has 1 aromatic carbocycles. The van der Waals surface area contributed by atoms with Gasteiger partial charge in [0, 0.05) is 29.4 Å². The molecule has 3 N–H and O–H groups in total. The van der Waals surface area contributed by atoms with Crippen molar-refractivity contribution in [3.63, 3.8) is 0 Å². The third kappa shape index (κ3) is 3.19. The normalized spacial score (nSPS) is 12.6. The number of H-pyrrole nitrogens is 1. The van der Waals surface area contributed by atoms with Gasteiger partial charge in [-0.2, -0.15) is 5.10 Å². The second-order valence-electron chi connectivity index (χ2n) is 4.64. The molecule has 1 heterocycles. The van der Waals surface area contributed by atoms with Crippen LogP contribution in [0.5, 0.6) is 0 Å². The van der Waals surface area contributed by atoms with Gasteiger partial charge in [-0.1, -0.05) is 6.07 Å². The summed E-state index contributed by atoms with van der Waals surface area (Å²) in [7, 11) is 0. The summed E-state index contributed by atoms with van der Waals surface area (Å²) in [4.78, 5) is 0. The third-order valence-corrected chi connectivity index (χ3v) is 3.23. The van der Waals surface area contributed by atoms with E-state index in [-0.39, 0.29) is 18.5 Å². The van der Waals surface area contributed by atoms with Crippen LogP contribution in [-0.2, 0) is 13.2 Å². The number of benzene rings is 1. The standard InChI is InChI=1S/C14H18FN3O/c1-9(13-7-17-18-10(13)2)16-6-11-3-4-14(15)12(5-11)8-19/h3-5,7,9,16,19H,6,8H2,1-2H3,(H,17,18). The molecule has 102 valence electrons. The number of hydrogen-bond donors (Lipinski definition) is 3. The summed E-state index contributed by atoms with van der Waals surface area (Å²) in [6.45, 7) is 4.35. The van der Waals surface area contributed by atoms with Crippen molar-refractivity contribution in [3.05, 3.63) is 52.6 Å². The fraction of sp³-hybridized carbons (Fsp3) is 0.357. The number of rotatable bonds is 5. The molecular formula is C14H18FN3O. The predicted octanol–water partition coefficient (Wildman–Crippen LogP) is 2.20. The lowest BCUT2D eigenvalue weighted by atomic mass is 10.1. The molecule has 1 atom stereocenters. The Morgan fingerprint density at radius 2 is 2.26 bits per heavy atom.